The fourth-order valence-electron chi connectivity index (χ4n) is 4.61. The third kappa shape index (κ3) is 7.63. The van der Waals surface area contributed by atoms with Crippen molar-refractivity contribution in [2.75, 3.05) is 5.75 Å². The van der Waals surface area contributed by atoms with E-state index < -0.39 is 6.04 Å². The van der Waals surface area contributed by atoms with Crippen LogP contribution in [0.2, 0.25) is 0 Å². The lowest BCUT2D eigenvalue weighted by atomic mass is 9.95. The maximum absolute atomic E-state index is 13.3. The van der Waals surface area contributed by atoms with Crippen molar-refractivity contribution in [3.05, 3.63) is 70.3 Å². The smallest absolute Gasteiger partial charge is 0.242 e. The predicted octanol–water partition coefficient (Wildman–Crippen LogP) is 5.71. The van der Waals surface area contributed by atoms with E-state index in [1.54, 1.807) is 16.7 Å². The second-order valence-electron chi connectivity index (χ2n) is 9.46. The SMILES string of the molecule is Cc1cc(C)cc(CSCC(=O)N(Cc2ccccc2C)[C@H](C)C(=O)NC2CCCCC2)c1. The molecule has 1 N–H and O–H groups in total. The monoisotopic (exact) mass is 466 g/mol. The highest BCUT2D eigenvalue weighted by Gasteiger charge is 2.28. The first kappa shape index (κ1) is 25.4. The molecule has 0 heterocycles. The molecule has 0 unspecified atom stereocenters. The molecule has 0 aromatic heterocycles. The van der Waals surface area contributed by atoms with Crippen LogP contribution in [0.4, 0.5) is 0 Å². The summed E-state index contributed by atoms with van der Waals surface area (Å²) in [5, 5.41) is 3.21. The number of nitrogens with zero attached hydrogens (tertiary/aromatic N) is 1. The van der Waals surface area contributed by atoms with E-state index in [9.17, 15) is 9.59 Å². The van der Waals surface area contributed by atoms with E-state index in [-0.39, 0.29) is 17.9 Å². The predicted molar refractivity (Wildman–Crippen MR) is 138 cm³/mol. The molecule has 2 aromatic rings. The van der Waals surface area contributed by atoms with Crippen LogP contribution < -0.4 is 5.32 Å². The van der Waals surface area contributed by atoms with Gasteiger partial charge in [0, 0.05) is 18.3 Å². The largest absolute Gasteiger partial charge is 0.352 e. The van der Waals surface area contributed by atoms with E-state index in [2.05, 4.69) is 50.4 Å². The topological polar surface area (TPSA) is 49.4 Å². The Bertz CT molecular complexity index is 932. The molecule has 3 rings (SSSR count). The quantitative estimate of drug-likeness (QED) is 0.515. The summed E-state index contributed by atoms with van der Waals surface area (Å²) in [4.78, 5) is 28.2. The van der Waals surface area contributed by atoms with E-state index in [1.807, 2.05) is 25.1 Å². The van der Waals surface area contributed by atoms with Gasteiger partial charge in [0.15, 0.2) is 0 Å². The number of carbonyl (C=O) groups is 2. The average Bonchev–Trinajstić information content (AvgIpc) is 2.78. The van der Waals surface area contributed by atoms with Gasteiger partial charge in [-0.15, -0.1) is 11.8 Å². The number of amides is 2. The van der Waals surface area contributed by atoms with Crippen LogP contribution in [0.5, 0.6) is 0 Å². The molecule has 4 nitrogen and oxygen atoms in total. The highest BCUT2D eigenvalue weighted by Crippen LogP contribution is 2.21. The lowest BCUT2D eigenvalue weighted by Crippen LogP contribution is -2.50. The Morgan fingerprint density at radius 3 is 2.36 bits per heavy atom. The fraction of sp³-hybridized carbons (Fsp3) is 0.500. The van der Waals surface area contributed by atoms with Crippen LogP contribution >= 0.6 is 11.8 Å². The number of thioether (sulfide) groups is 1. The maximum Gasteiger partial charge on any atom is 0.242 e. The number of hydrogen-bond acceptors (Lipinski definition) is 3. The van der Waals surface area contributed by atoms with Gasteiger partial charge in [-0.1, -0.05) is 72.9 Å². The van der Waals surface area contributed by atoms with E-state index in [0.717, 1.165) is 29.7 Å². The normalized spacial score (nSPS) is 15.2. The van der Waals surface area contributed by atoms with Crippen molar-refractivity contribution in [1.82, 2.24) is 10.2 Å². The Morgan fingerprint density at radius 2 is 1.70 bits per heavy atom. The Hall–Kier alpha value is -2.27. The van der Waals surface area contributed by atoms with Gasteiger partial charge in [0.1, 0.15) is 6.04 Å². The number of carbonyl (C=O) groups excluding carboxylic acids is 2. The first-order chi connectivity index (χ1) is 15.8. The number of rotatable bonds is 9. The summed E-state index contributed by atoms with van der Waals surface area (Å²) in [6, 6.07) is 14.4. The summed E-state index contributed by atoms with van der Waals surface area (Å²) in [5.74, 6) is 1.12. The lowest BCUT2D eigenvalue weighted by Gasteiger charge is -2.31. The van der Waals surface area contributed by atoms with Gasteiger partial charge in [-0.05, 0) is 57.2 Å². The van der Waals surface area contributed by atoms with Crippen LogP contribution in [-0.2, 0) is 21.9 Å². The Labute approximate surface area is 203 Å². The molecule has 0 spiro atoms. The first-order valence-corrected chi connectivity index (χ1v) is 13.3. The van der Waals surface area contributed by atoms with Crippen molar-refractivity contribution >= 4 is 23.6 Å². The van der Waals surface area contributed by atoms with E-state index in [0.29, 0.717) is 12.3 Å². The van der Waals surface area contributed by atoms with E-state index in [1.165, 1.54) is 36.0 Å². The minimum atomic E-state index is -0.499. The van der Waals surface area contributed by atoms with Gasteiger partial charge in [0.05, 0.1) is 5.75 Å². The van der Waals surface area contributed by atoms with Crippen molar-refractivity contribution in [3.63, 3.8) is 0 Å². The summed E-state index contributed by atoms with van der Waals surface area (Å²) in [6.45, 7) is 8.57. The van der Waals surface area contributed by atoms with E-state index in [4.69, 9.17) is 0 Å². The summed E-state index contributed by atoms with van der Waals surface area (Å²) in [5.41, 5.74) is 5.94. The third-order valence-corrected chi connectivity index (χ3v) is 7.49. The molecular weight excluding hydrogens is 428 g/mol. The Morgan fingerprint density at radius 1 is 1.03 bits per heavy atom. The van der Waals surface area contributed by atoms with Crippen LogP contribution in [0.15, 0.2) is 42.5 Å². The van der Waals surface area contributed by atoms with Gasteiger partial charge in [-0.2, -0.15) is 0 Å². The molecule has 2 amide bonds. The summed E-state index contributed by atoms with van der Waals surface area (Å²) in [6.07, 6.45) is 5.66. The number of benzene rings is 2. The average molecular weight is 467 g/mol. The van der Waals surface area contributed by atoms with E-state index >= 15 is 0 Å². The molecule has 0 bridgehead atoms. The zero-order valence-corrected chi connectivity index (χ0v) is 21.3. The zero-order chi connectivity index (χ0) is 23.8. The number of aryl methyl sites for hydroxylation is 3. The molecule has 5 heteroatoms. The molecular formula is C28H38N2O2S. The van der Waals surface area contributed by atoms with Crippen LogP contribution in [-0.4, -0.2) is 34.6 Å². The van der Waals surface area contributed by atoms with Crippen molar-refractivity contribution in [1.29, 1.82) is 0 Å². The van der Waals surface area contributed by atoms with Gasteiger partial charge in [-0.3, -0.25) is 9.59 Å². The highest BCUT2D eigenvalue weighted by atomic mass is 32.2. The van der Waals surface area contributed by atoms with Gasteiger partial charge in [0.2, 0.25) is 11.8 Å². The molecule has 1 saturated carbocycles. The molecule has 178 valence electrons. The molecule has 0 radical (unpaired) electrons. The highest BCUT2D eigenvalue weighted by molar-refractivity contribution is 7.99. The van der Waals surface area contributed by atoms with Crippen molar-refractivity contribution in [2.24, 2.45) is 0 Å². The molecule has 33 heavy (non-hydrogen) atoms. The Kier molecular flexibility index (Phi) is 9.42. The summed E-state index contributed by atoms with van der Waals surface area (Å²) < 4.78 is 0. The number of nitrogens with one attached hydrogen (secondary N) is 1. The van der Waals surface area contributed by atoms with Crippen molar-refractivity contribution < 1.29 is 9.59 Å². The molecule has 1 aliphatic carbocycles. The molecule has 0 aliphatic heterocycles. The number of hydrogen-bond donors (Lipinski definition) is 1. The van der Waals surface area contributed by atoms with Crippen LogP contribution in [0.25, 0.3) is 0 Å². The van der Waals surface area contributed by atoms with Gasteiger partial charge >= 0.3 is 0 Å². The van der Waals surface area contributed by atoms with Crippen LogP contribution in [0, 0.1) is 20.8 Å². The van der Waals surface area contributed by atoms with Crippen LogP contribution in [0.1, 0.15) is 66.8 Å². The fourth-order valence-corrected chi connectivity index (χ4v) is 5.46. The van der Waals surface area contributed by atoms with Gasteiger partial charge < -0.3 is 10.2 Å². The van der Waals surface area contributed by atoms with Gasteiger partial charge in [0.25, 0.3) is 0 Å². The minimum absolute atomic E-state index is 0.0129. The molecule has 0 saturated heterocycles. The second-order valence-corrected chi connectivity index (χ2v) is 10.4. The molecule has 1 fully saturated rings. The second kappa shape index (κ2) is 12.3. The summed E-state index contributed by atoms with van der Waals surface area (Å²) in [7, 11) is 0. The summed E-state index contributed by atoms with van der Waals surface area (Å²) >= 11 is 1.62. The zero-order valence-electron chi connectivity index (χ0n) is 20.5. The Balaban J connectivity index is 1.67. The van der Waals surface area contributed by atoms with Crippen molar-refractivity contribution in [3.8, 4) is 0 Å². The minimum Gasteiger partial charge on any atom is -0.352 e. The maximum atomic E-state index is 13.3. The van der Waals surface area contributed by atoms with Crippen molar-refractivity contribution in [2.45, 2.75) is 84.2 Å². The first-order valence-electron chi connectivity index (χ1n) is 12.1. The van der Waals surface area contributed by atoms with Gasteiger partial charge in [-0.25, -0.2) is 0 Å². The molecule has 1 atom stereocenters. The molecule has 2 aromatic carbocycles. The standard InChI is InChI=1S/C28H38N2O2S/c1-20-14-21(2)16-24(15-20)18-33-19-27(31)30(17-25-11-9-8-10-22(25)3)23(4)28(32)29-26-12-6-5-7-13-26/h8-11,14-16,23,26H,5-7,12-13,17-19H2,1-4H3,(H,29,32)/t23-/m1/s1. The third-order valence-electron chi connectivity index (χ3n) is 6.50. The van der Waals surface area contributed by atoms with Crippen LogP contribution in [0.3, 0.4) is 0 Å². The molecule has 1 aliphatic rings. The lowest BCUT2D eigenvalue weighted by molar-refractivity contribution is -0.139.